The molecule has 2 aromatic rings. The van der Waals surface area contributed by atoms with Gasteiger partial charge in [-0.05, 0) is 18.7 Å². The predicted octanol–water partition coefficient (Wildman–Crippen LogP) is 4.22. The summed E-state index contributed by atoms with van der Waals surface area (Å²) in [5.41, 5.74) is 0.625. The van der Waals surface area contributed by atoms with Crippen molar-refractivity contribution >= 4 is 13.7 Å². The van der Waals surface area contributed by atoms with Gasteiger partial charge in [-0.1, -0.05) is 18.2 Å². The summed E-state index contributed by atoms with van der Waals surface area (Å²) < 4.78 is 67.8. The van der Waals surface area contributed by atoms with Crippen LogP contribution in [0.5, 0.6) is 23.0 Å². The number of halogens is 3. The number of ether oxygens (including phenoxy) is 3. The lowest BCUT2D eigenvalue weighted by Gasteiger charge is -2.30. The molecule has 2 aromatic carbocycles. The molecule has 9 heteroatoms. The van der Waals surface area contributed by atoms with E-state index in [0.717, 1.165) is 12.1 Å². The molecule has 0 aliphatic heterocycles. The molecule has 29 heavy (non-hydrogen) atoms. The van der Waals surface area contributed by atoms with Gasteiger partial charge in [-0.2, -0.15) is 13.2 Å². The van der Waals surface area contributed by atoms with Crippen LogP contribution in [-0.4, -0.2) is 36.5 Å². The molecule has 0 aliphatic carbocycles. The largest absolute Gasteiger partial charge is 0.509 e. The van der Waals surface area contributed by atoms with Crippen molar-refractivity contribution in [3.63, 3.8) is 0 Å². The molecule has 0 spiro atoms. The van der Waals surface area contributed by atoms with Crippen LogP contribution in [0.25, 0.3) is 0 Å². The van der Waals surface area contributed by atoms with Gasteiger partial charge < -0.3 is 23.1 Å². The summed E-state index contributed by atoms with van der Waals surface area (Å²) >= 11 is 0. The Morgan fingerprint density at radius 1 is 1.00 bits per heavy atom. The summed E-state index contributed by atoms with van der Waals surface area (Å²) in [6.07, 6.45) is -4.50. The molecule has 0 amide bonds. The van der Waals surface area contributed by atoms with Crippen LogP contribution in [-0.2, 0) is 10.6 Å². The molecule has 0 aliphatic rings. The van der Waals surface area contributed by atoms with Crippen LogP contribution in [0.2, 0.25) is 0 Å². The van der Waals surface area contributed by atoms with Gasteiger partial charge in [-0.3, -0.25) is 0 Å². The molecule has 1 atom stereocenters. The van der Waals surface area contributed by atoms with Crippen LogP contribution in [0, 0.1) is 0 Å². The highest BCUT2D eigenvalue weighted by atomic mass is 28.4. The van der Waals surface area contributed by atoms with Crippen LogP contribution in [0.15, 0.2) is 48.7 Å². The van der Waals surface area contributed by atoms with Crippen LogP contribution in [0.3, 0.4) is 0 Å². The molecule has 0 saturated carbocycles. The first-order valence-corrected chi connectivity index (χ1v) is 10.6. The topological polar surface area (TPSA) is 46.2 Å². The molecular weight excluding hydrogens is 405 g/mol. The molecular formula is C20H23F3O5Si. The normalized spacial score (nSPS) is 13.3. The van der Waals surface area contributed by atoms with E-state index in [-0.39, 0.29) is 29.0 Å². The van der Waals surface area contributed by atoms with E-state index in [4.69, 9.17) is 23.1 Å². The minimum absolute atomic E-state index is 0.188. The maximum Gasteiger partial charge on any atom is 0.460 e. The predicted molar refractivity (Wildman–Crippen MR) is 105 cm³/mol. The van der Waals surface area contributed by atoms with Gasteiger partial charge in [-0.25, -0.2) is 0 Å². The molecule has 0 radical (unpaired) electrons. The zero-order valence-electron chi connectivity index (χ0n) is 16.6. The highest BCUT2D eigenvalue weighted by Crippen LogP contribution is 2.42. The third kappa shape index (κ3) is 4.85. The minimum Gasteiger partial charge on any atom is -0.509 e. The van der Waals surface area contributed by atoms with Crippen molar-refractivity contribution in [3.05, 3.63) is 54.2 Å². The lowest BCUT2D eigenvalue weighted by atomic mass is 10.2. The average molecular weight is 428 g/mol. The molecule has 0 aromatic heterocycles. The van der Waals surface area contributed by atoms with E-state index in [1.807, 2.05) is 0 Å². The fourth-order valence-electron chi connectivity index (χ4n) is 2.74. The van der Waals surface area contributed by atoms with E-state index in [1.165, 1.54) is 39.2 Å². The van der Waals surface area contributed by atoms with Crippen LogP contribution >= 0.6 is 0 Å². The first-order valence-electron chi connectivity index (χ1n) is 8.69. The van der Waals surface area contributed by atoms with E-state index >= 15 is 0 Å². The maximum atomic E-state index is 13.2. The van der Waals surface area contributed by atoms with E-state index in [1.54, 1.807) is 19.1 Å². The zero-order valence-corrected chi connectivity index (χ0v) is 17.6. The minimum atomic E-state index is -4.50. The Kier molecular flexibility index (Phi) is 7.20. The van der Waals surface area contributed by atoms with Crippen molar-refractivity contribution in [1.29, 1.82) is 0 Å². The summed E-state index contributed by atoms with van der Waals surface area (Å²) in [6.45, 7) is 5.72. The number of alkyl halides is 3. The van der Waals surface area contributed by atoms with Crippen LogP contribution in [0.4, 0.5) is 13.2 Å². The zero-order chi connectivity index (χ0) is 21.7. The highest BCUT2D eigenvalue weighted by Gasteiger charge is 2.43. The van der Waals surface area contributed by atoms with Crippen molar-refractivity contribution in [2.45, 2.75) is 13.1 Å². The molecule has 0 heterocycles. The van der Waals surface area contributed by atoms with E-state index in [9.17, 15) is 13.2 Å². The number of hydrogen-bond acceptors (Lipinski definition) is 5. The third-order valence-electron chi connectivity index (χ3n) is 4.14. The van der Waals surface area contributed by atoms with Gasteiger partial charge in [0.2, 0.25) is 0 Å². The van der Waals surface area contributed by atoms with Crippen molar-refractivity contribution in [2.75, 3.05) is 27.9 Å². The number of rotatable bonds is 9. The second-order valence-electron chi connectivity index (χ2n) is 5.85. The summed E-state index contributed by atoms with van der Waals surface area (Å²) in [6, 6.07) is 8.02. The second-order valence-corrected chi connectivity index (χ2v) is 8.66. The van der Waals surface area contributed by atoms with E-state index in [2.05, 4.69) is 6.58 Å². The SMILES string of the molecule is C=C[Si](OCC)(Oc1c(OC)cc(OC)cc1OC)c1cccc(C(F)(F)F)c1. The average Bonchev–Trinajstić information content (AvgIpc) is 2.72. The molecule has 0 fully saturated rings. The van der Waals surface area contributed by atoms with Crippen LogP contribution < -0.4 is 23.8 Å². The first kappa shape index (κ1) is 22.6. The van der Waals surface area contributed by atoms with Gasteiger partial charge in [0.25, 0.3) is 0 Å². The van der Waals surface area contributed by atoms with Crippen molar-refractivity contribution in [1.82, 2.24) is 0 Å². The molecule has 1 unspecified atom stereocenters. The van der Waals surface area contributed by atoms with Gasteiger partial charge in [0, 0.05) is 23.9 Å². The van der Waals surface area contributed by atoms with Gasteiger partial charge in [0.05, 0.1) is 26.9 Å². The summed E-state index contributed by atoms with van der Waals surface area (Å²) in [5, 5.41) is 0.254. The molecule has 5 nitrogen and oxygen atoms in total. The van der Waals surface area contributed by atoms with Gasteiger partial charge in [0.15, 0.2) is 17.2 Å². The second kappa shape index (κ2) is 9.23. The Labute approximate surface area is 168 Å². The maximum absolute atomic E-state index is 13.2. The fraction of sp³-hybridized carbons (Fsp3) is 0.300. The number of methoxy groups -OCH3 is 3. The lowest BCUT2D eigenvalue weighted by molar-refractivity contribution is -0.137. The molecule has 0 bridgehead atoms. The summed E-state index contributed by atoms with van der Waals surface area (Å²) in [7, 11) is 0.797. The Morgan fingerprint density at radius 2 is 1.62 bits per heavy atom. The van der Waals surface area contributed by atoms with E-state index in [0.29, 0.717) is 5.75 Å². The van der Waals surface area contributed by atoms with Crippen molar-refractivity contribution in [3.8, 4) is 23.0 Å². The summed E-state index contributed by atoms with van der Waals surface area (Å²) in [5.74, 6) is 1.22. The number of benzene rings is 2. The summed E-state index contributed by atoms with van der Waals surface area (Å²) in [4.78, 5) is 0. The van der Waals surface area contributed by atoms with Gasteiger partial charge >= 0.3 is 14.7 Å². The fourth-order valence-corrected chi connectivity index (χ4v) is 5.14. The van der Waals surface area contributed by atoms with Gasteiger partial charge in [-0.15, -0.1) is 6.58 Å². The van der Waals surface area contributed by atoms with E-state index < -0.39 is 20.3 Å². The Balaban J connectivity index is 2.65. The lowest BCUT2D eigenvalue weighted by Crippen LogP contribution is -2.55. The molecule has 0 saturated heterocycles. The Bertz CT molecular complexity index is 831. The standard InChI is InChI=1S/C20H23F3O5Si/c1-6-27-29(7-2,16-10-8-9-14(11-16)20(21,22)23)28-19-17(25-4)12-15(24-3)13-18(19)26-5/h7-13H,2,6H2,1,3-5H3. The van der Waals surface area contributed by atoms with Crippen LogP contribution in [0.1, 0.15) is 12.5 Å². The number of hydrogen-bond donors (Lipinski definition) is 0. The smallest absolute Gasteiger partial charge is 0.460 e. The molecule has 0 N–H and O–H groups in total. The van der Waals surface area contributed by atoms with Crippen molar-refractivity contribution in [2.24, 2.45) is 0 Å². The van der Waals surface area contributed by atoms with Crippen molar-refractivity contribution < 1.29 is 36.2 Å². The monoisotopic (exact) mass is 428 g/mol. The highest BCUT2D eigenvalue weighted by molar-refractivity contribution is 6.86. The molecule has 158 valence electrons. The third-order valence-corrected chi connectivity index (χ3v) is 7.02. The Hall–Kier alpha value is -2.65. The Morgan fingerprint density at radius 3 is 2.07 bits per heavy atom. The van der Waals surface area contributed by atoms with Gasteiger partial charge in [0.1, 0.15) is 5.75 Å². The first-order chi connectivity index (χ1) is 13.7. The quantitative estimate of drug-likeness (QED) is 0.560. The molecule has 2 rings (SSSR count).